The second-order valence-corrected chi connectivity index (χ2v) is 4.12. The van der Waals surface area contributed by atoms with Crippen LogP contribution in [-0.4, -0.2) is 10.6 Å². The first-order valence-corrected chi connectivity index (χ1v) is 5.16. The van der Waals surface area contributed by atoms with Crippen molar-refractivity contribution in [2.45, 2.75) is 19.5 Å². The van der Waals surface area contributed by atoms with Gasteiger partial charge in [0.25, 0.3) is 0 Å². The monoisotopic (exact) mass is 226 g/mol. The van der Waals surface area contributed by atoms with Gasteiger partial charge in [-0.05, 0) is 25.1 Å². The van der Waals surface area contributed by atoms with Crippen molar-refractivity contribution in [1.82, 2.24) is 4.57 Å². The van der Waals surface area contributed by atoms with Crippen LogP contribution in [0.2, 0.25) is 5.02 Å². The molecule has 0 fully saturated rings. The van der Waals surface area contributed by atoms with Crippen molar-refractivity contribution in [2.75, 3.05) is 0 Å². The van der Waals surface area contributed by atoms with Gasteiger partial charge in [-0.25, -0.2) is 4.39 Å². The molecule has 1 atom stereocenters. The predicted octanol–water partition coefficient (Wildman–Crippen LogP) is 2.78. The van der Waals surface area contributed by atoms with Crippen LogP contribution < -0.4 is 5.73 Å². The van der Waals surface area contributed by atoms with E-state index in [2.05, 4.69) is 0 Å². The lowest BCUT2D eigenvalue weighted by atomic mass is 10.2. The van der Waals surface area contributed by atoms with E-state index in [4.69, 9.17) is 17.3 Å². The fraction of sp³-hybridized carbons (Fsp3) is 0.273. The standard InChI is InChI=1S/C11H12ClFN2/c1-7(14)6-15-5-4-8-10(15)3-2-9(13)11(8)12/h2-5,7H,6,14H2,1H3/t7-/m0/s1. The average molecular weight is 227 g/mol. The zero-order chi connectivity index (χ0) is 11.0. The van der Waals surface area contributed by atoms with Gasteiger partial charge in [-0.2, -0.15) is 0 Å². The van der Waals surface area contributed by atoms with Crippen LogP contribution in [0, 0.1) is 5.82 Å². The Bertz CT molecular complexity index is 491. The molecule has 0 spiro atoms. The maximum atomic E-state index is 13.2. The van der Waals surface area contributed by atoms with Gasteiger partial charge in [0, 0.05) is 29.7 Å². The lowest BCUT2D eigenvalue weighted by Gasteiger charge is -2.08. The quantitative estimate of drug-likeness (QED) is 0.839. The van der Waals surface area contributed by atoms with E-state index in [0.717, 1.165) is 10.9 Å². The van der Waals surface area contributed by atoms with Crippen LogP contribution in [0.25, 0.3) is 10.9 Å². The van der Waals surface area contributed by atoms with Crippen molar-refractivity contribution in [2.24, 2.45) is 5.73 Å². The summed E-state index contributed by atoms with van der Waals surface area (Å²) in [6, 6.07) is 4.97. The Morgan fingerprint density at radius 3 is 2.87 bits per heavy atom. The first-order valence-electron chi connectivity index (χ1n) is 4.78. The number of benzene rings is 1. The highest BCUT2D eigenvalue weighted by molar-refractivity contribution is 6.35. The summed E-state index contributed by atoms with van der Waals surface area (Å²) in [7, 11) is 0. The molecule has 0 aliphatic carbocycles. The number of halogens is 2. The summed E-state index contributed by atoms with van der Waals surface area (Å²) in [6.07, 6.45) is 1.87. The third-order valence-corrected chi connectivity index (χ3v) is 2.71. The number of rotatable bonds is 2. The highest BCUT2D eigenvalue weighted by atomic mass is 35.5. The molecule has 2 aromatic rings. The van der Waals surface area contributed by atoms with Gasteiger partial charge in [0.15, 0.2) is 0 Å². The summed E-state index contributed by atoms with van der Waals surface area (Å²) < 4.78 is 15.1. The molecule has 1 aromatic heterocycles. The largest absolute Gasteiger partial charge is 0.346 e. The fourth-order valence-electron chi connectivity index (χ4n) is 1.68. The van der Waals surface area contributed by atoms with E-state index in [1.165, 1.54) is 6.07 Å². The smallest absolute Gasteiger partial charge is 0.142 e. The van der Waals surface area contributed by atoms with Crippen molar-refractivity contribution in [3.8, 4) is 0 Å². The van der Waals surface area contributed by atoms with Crippen LogP contribution in [0.3, 0.4) is 0 Å². The summed E-state index contributed by atoms with van der Waals surface area (Å²) >= 11 is 5.86. The van der Waals surface area contributed by atoms with Crippen LogP contribution in [0.5, 0.6) is 0 Å². The third kappa shape index (κ3) is 1.85. The molecule has 0 aliphatic heterocycles. The van der Waals surface area contributed by atoms with Gasteiger partial charge in [-0.15, -0.1) is 0 Å². The van der Waals surface area contributed by atoms with E-state index < -0.39 is 0 Å². The van der Waals surface area contributed by atoms with Crippen LogP contribution in [0.1, 0.15) is 6.92 Å². The molecular formula is C11H12ClFN2. The summed E-state index contributed by atoms with van der Waals surface area (Å²) in [4.78, 5) is 0. The molecule has 2 N–H and O–H groups in total. The highest BCUT2D eigenvalue weighted by Crippen LogP contribution is 2.27. The summed E-state index contributed by atoms with van der Waals surface area (Å²) in [5.41, 5.74) is 6.63. The molecule has 2 nitrogen and oxygen atoms in total. The molecule has 0 bridgehead atoms. The number of nitrogens with two attached hydrogens (primary N) is 1. The molecule has 15 heavy (non-hydrogen) atoms. The normalized spacial score (nSPS) is 13.3. The second kappa shape index (κ2) is 3.83. The van der Waals surface area contributed by atoms with E-state index in [0.29, 0.717) is 6.54 Å². The van der Waals surface area contributed by atoms with Crippen molar-refractivity contribution >= 4 is 22.5 Å². The summed E-state index contributed by atoms with van der Waals surface area (Å²) in [5, 5.41) is 0.910. The van der Waals surface area contributed by atoms with Gasteiger partial charge in [0.2, 0.25) is 0 Å². The highest BCUT2D eigenvalue weighted by Gasteiger charge is 2.09. The molecular weight excluding hydrogens is 215 g/mol. The molecule has 0 amide bonds. The molecule has 1 heterocycles. The lowest BCUT2D eigenvalue weighted by Crippen LogP contribution is -2.21. The third-order valence-electron chi connectivity index (χ3n) is 2.32. The molecule has 2 rings (SSSR count). The summed E-state index contributed by atoms with van der Waals surface area (Å²) in [5.74, 6) is -0.386. The Hall–Kier alpha value is -1.06. The first-order chi connectivity index (χ1) is 7.09. The number of nitrogens with zero attached hydrogens (tertiary/aromatic N) is 1. The second-order valence-electron chi connectivity index (χ2n) is 3.74. The Morgan fingerprint density at radius 2 is 2.20 bits per heavy atom. The minimum atomic E-state index is -0.386. The average Bonchev–Trinajstić information content (AvgIpc) is 2.55. The van der Waals surface area contributed by atoms with Gasteiger partial charge >= 0.3 is 0 Å². The van der Waals surface area contributed by atoms with Gasteiger partial charge in [0.1, 0.15) is 5.82 Å². The van der Waals surface area contributed by atoms with E-state index >= 15 is 0 Å². The van der Waals surface area contributed by atoms with Gasteiger partial charge in [-0.1, -0.05) is 11.6 Å². The van der Waals surface area contributed by atoms with E-state index in [1.54, 1.807) is 6.07 Å². The number of hydrogen-bond acceptors (Lipinski definition) is 1. The molecule has 80 valence electrons. The zero-order valence-electron chi connectivity index (χ0n) is 8.37. The van der Waals surface area contributed by atoms with Crippen molar-refractivity contribution in [3.05, 3.63) is 35.2 Å². The first kappa shape index (κ1) is 10.5. The van der Waals surface area contributed by atoms with Crippen LogP contribution >= 0.6 is 11.6 Å². The molecule has 0 saturated carbocycles. The van der Waals surface area contributed by atoms with Crippen LogP contribution in [-0.2, 0) is 6.54 Å². The minimum Gasteiger partial charge on any atom is -0.346 e. The molecule has 0 aliphatic rings. The summed E-state index contributed by atoms with van der Waals surface area (Å²) in [6.45, 7) is 2.63. The molecule has 0 radical (unpaired) electrons. The van der Waals surface area contributed by atoms with Gasteiger partial charge in [0.05, 0.1) is 5.02 Å². The Kier molecular flexibility index (Phi) is 2.67. The Morgan fingerprint density at radius 1 is 1.47 bits per heavy atom. The maximum absolute atomic E-state index is 13.2. The van der Waals surface area contributed by atoms with Crippen LogP contribution in [0.15, 0.2) is 24.4 Å². The van der Waals surface area contributed by atoms with Crippen molar-refractivity contribution in [1.29, 1.82) is 0 Å². The van der Waals surface area contributed by atoms with Crippen LogP contribution in [0.4, 0.5) is 4.39 Å². The number of hydrogen-bond donors (Lipinski definition) is 1. The fourth-order valence-corrected chi connectivity index (χ4v) is 1.90. The number of aromatic nitrogens is 1. The van der Waals surface area contributed by atoms with Gasteiger partial charge < -0.3 is 10.3 Å². The molecule has 4 heteroatoms. The van der Waals surface area contributed by atoms with Gasteiger partial charge in [-0.3, -0.25) is 0 Å². The zero-order valence-corrected chi connectivity index (χ0v) is 9.13. The van der Waals surface area contributed by atoms with E-state index in [-0.39, 0.29) is 16.9 Å². The van der Waals surface area contributed by atoms with Crippen molar-refractivity contribution in [3.63, 3.8) is 0 Å². The molecule has 1 aromatic carbocycles. The Labute approximate surface area is 92.4 Å². The van der Waals surface area contributed by atoms with E-state index in [9.17, 15) is 4.39 Å². The SMILES string of the molecule is C[C@H](N)Cn1ccc2c(Cl)c(F)ccc21. The molecule has 0 saturated heterocycles. The predicted molar refractivity (Wildman–Crippen MR) is 60.6 cm³/mol. The van der Waals surface area contributed by atoms with E-state index in [1.807, 2.05) is 23.8 Å². The molecule has 0 unspecified atom stereocenters. The maximum Gasteiger partial charge on any atom is 0.142 e. The topological polar surface area (TPSA) is 30.9 Å². The lowest BCUT2D eigenvalue weighted by molar-refractivity contribution is 0.604. The Balaban J connectivity index is 2.57. The minimum absolute atomic E-state index is 0.0597. The van der Waals surface area contributed by atoms with Crippen molar-refractivity contribution < 1.29 is 4.39 Å². The number of fused-ring (bicyclic) bond motifs is 1.